The lowest BCUT2D eigenvalue weighted by molar-refractivity contribution is 0.153. The van der Waals surface area contributed by atoms with E-state index >= 15 is 0 Å². The Morgan fingerprint density at radius 1 is 1.36 bits per heavy atom. The number of nitrogens with zero attached hydrogens (tertiary/aromatic N) is 2. The molecule has 0 bridgehead atoms. The highest BCUT2D eigenvalue weighted by molar-refractivity contribution is 4.87. The first-order valence-corrected chi connectivity index (χ1v) is 5.86. The van der Waals surface area contributed by atoms with Crippen LogP contribution < -0.4 is 0 Å². The molecule has 1 aliphatic heterocycles. The Hall–Kier alpha value is -0.120. The van der Waals surface area contributed by atoms with Crippen LogP contribution in [0, 0.1) is 0 Å². The number of aliphatic hydroxyl groups excluding tert-OH is 1. The van der Waals surface area contributed by atoms with Crippen LogP contribution >= 0.6 is 0 Å². The summed E-state index contributed by atoms with van der Waals surface area (Å²) in [6.45, 7) is 3.56. The highest BCUT2D eigenvalue weighted by Gasteiger charge is 2.31. The zero-order valence-corrected chi connectivity index (χ0v) is 9.15. The van der Waals surface area contributed by atoms with E-state index in [-0.39, 0.29) is 0 Å². The van der Waals surface area contributed by atoms with Crippen molar-refractivity contribution in [3.63, 3.8) is 0 Å². The van der Waals surface area contributed by atoms with Gasteiger partial charge in [-0.05, 0) is 39.3 Å². The fourth-order valence-electron chi connectivity index (χ4n) is 2.52. The van der Waals surface area contributed by atoms with Crippen molar-refractivity contribution in [1.29, 1.82) is 0 Å². The average molecular weight is 198 g/mol. The number of aliphatic hydroxyl groups is 1. The lowest BCUT2D eigenvalue weighted by atomic mass is 10.2. The van der Waals surface area contributed by atoms with Gasteiger partial charge < -0.3 is 10.0 Å². The molecule has 82 valence electrons. The first-order valence-electron chi connectivity index (χ1n) is 5.86. The third kappa shape index (κ3) is 2.47. The highest BCUT2D eigenvalue weighted by atomic mass is 16.3. The molecule has 3 heteroatoms. The lowest BCUT2D eigenvalue weighted by Crippen LogP contribution is -2.40. The summed E-state index contributed by atoms with van der Waals surface area (Å²) < 4.78 is 0. The van der Waals surface area contributed by atoms with Crippen LogP contribution in [-0.2, 0) is 0 Å². The molecule has 2 fully saturated rings. The van der Waals surface area contributed by atoms with E-state index < -0.39 is 0 Å². The van der Waals surface area contributed by atoms with Crippen molar-refractivity contribution in [2.45, 2.75) is 37.8 Å². The fourth-order valence-corrected chi connectivity index (χ4v) is 2.52. The first-order chi connectivity index (χ1) is 6.81. The van der Waals surface area contributed by atoms with Crippen LogP contribution in [0.4, 0.5) is 0 Å². The Kier molecular flexibility index (Phi) is 3.42. The molecule has 1 saturated carbocycles. The molecule has 1 heterocycles. The van der Waals surface area contributed by atoms with Gasteiger partial charge in [0.05, 0.1) is 6.61 Å². The van der Waals surface area contributed by atoms with Gasteiger partial charge in [-0.3, -0.25) is 4.90 Å². The molecule has 1 aliphatic carbocycles. The smallest absolute Gasteiger partial charge is 0.0558 e. The monoisotopic (exact) mass is 198 g/mol. The second-order valence-electron chi connectivity index (χ2n) is 4.73. The molecule has 1 N–H and O–H groups in total. The third-order valence-electron chi connectivity index (χ3n) is 3.56. The molecule has 0 amide bonds. The quantitative estimate of drug-likeness (QED) is 0.698. The number of likely N-dealkylation sites (N-methyl/N-ethyl adjacent to an activating group) is 1. The SMILES string of the molecule is CN(C[C@H]1CCCN1CCO)C1CC1. The molecule has 3 nitrogen and oxygen atoms in total. The molecule has 2 aliphatic rings. The van der Waals surface area contributed by atoms with Crippen LogP contribution in [-0.4, -0.2) is 60.3 Å². The summed E-state index contributed by atoms with van der Waals surface area (Å²) in [6.07, 6.45) is 5.41. The van der Waals surface area contributed by atoms with Gasteiger partial charge in [0.15, 0.2) is 0 Å². The van der Waals surface area contributed by atoms with Crippen LogP contribution in [0.5, 0.6) is 0 Å². The van der Waals surface area contributed by atoms with Gasteiger partial charge in [0.1, 0.15) is 0 Å². The van der Waals surface area contributed by atoms with Crippen molar-refractivity contribution in [3.8, 4) is 0 Å². The Balaban J connectivity index is 1.77. The molecule has 0 aromatic carbocycles. The lowest BCUT2D eigenvalue weighted by Gasteiger charge is -2.28. The van der Waals surface area contributed by atoms with Crippen molar-refractivity contribution < 1.29 is 5.11 Å². The van der Waals surface area contributed by atoms with Crippen LogP contribution in [0.3, 0.4) is 0 Å². The minimum atomic E-state index is 0.309. The molecule has 0 aromatic rings. The second kappa shape index (κ2) is 4.60. The largest absolute Gasteiger partial charge is 0.395 e. The van der Waals surface area contributed by atoms with E-state index in [1.807, 2.05) is 0 Å². The van der Waals surface area contributed by atoms with Crippen LogP contribution in [0.1, 0.15) is 25.7 Å². The number of likely N-dealkylation sites (tertiary alicyclic amines) is 1. The van der Waals surface area contributed by atoms with Gasteiger partial charge in [-0.25, -0.2) is 0 Å². The summed E-state index contributed by atoms with van der Waals surface area (Å²) in [5.74, 6) is 0. The van der Waals surface area contributed by atoms with E-state index in [1.165, 1.54) is 38.8 Å². The molecule has 0 unspecified atom stereocenters. The van der Waals surface area contributed by atoms with Crippen LogP contribution in [0.2, 0.25) is 0 Å². The Bertz CT molecular complexity index is 182. The van der Waals surface area contributed by atoms with Gasteiger partial charge in [-0.2, -0.15) is 0 Å². The van der Waals surface area contributed by atoms with E-state index in [2.05, 4.69) is 16.8 Å². The third-order valence-corrected chi connectivity index (χ3v) is 3.56. The highest BCUT2D eigenvalue weighted by Crippen LogP contribution is 2.27. The average Bonchev–Trinajstić information content (AvgIpc) is 2.93. The van der Waals surface area contributed by atoms with Crippen LogP contribution in [0.25, 0.3) is 0 Å². The standard InChI is InChI=1S/C11H22N2O/c1-12(10-4-5-10)9-11-3-2-6-13(11)7-8-14/h10-11,14H,2-9H2,1H3/t11-/m1/s1. The molecule has 1 saturated heterocycles. The summed E-state index contributed by atoms with van der Waals surface area (Å²) >= 11 is 0. The van der Waals surface area contributed by atoms with E-state index in [9.17, 15) is 0 Å². The van der Waals surface area contributed by atoms with Gasteiger partial charge in [0, 0.05) is 25.2 Å². The van der Waals surface area contributed by atoms with Crippen molar-refractivity contribution in [2.75, 3.05) is 33.3 Å². The topological polar surface area (TPSA) is 26.7 Å². The Morgan fingerprint density at radius 2 is 2.14 bits per heavy atom. The predicted octanol–water partition coefficient (Wildman–Crippen LogP) is 0.537. The number of β-amino-alcohol motifs (C(OH)–C–C–N with tert-alkyl or cyclic N) is 1. The van der Waals surface area contributed by atoms with E-state index in [0.717, 1.165) is 12.6 Å². The molecular formula is C11H22N2O. The minimum absolute atomic E-state index is 0.309. The summed E-state index contributed by atoms with van der Waals surface area (Å²) in [7, 11) is 2.24. The van der Waals surface area contributed by atoms with Gasteiger partial charge in [0.2, 0.25) is 0 Å². The summed E-state index contributed by atoms with van der Waals surface area (Å²) in [4.78, 5) is 4.94. The molecule has 0 spiro atoms. The molecular weight excluding hydrogens is 176 g/mol. The second-order valence-corrected chi connectivity index (χ2v) is 4.73. The van der Waals surface area contributed by atoms with E-state index in [1.54, 1.807) is 0 Å². The molecule has 0 radical (unpaired) electrons. The van der Waals surface area contributed by atoms with E-state index in [0.29, 0.717) is 12.6 Å². The normalized spacial score (nSPS) is 28.9. The van der Waals surface area contributed by atoms with Crippen molar-refractivity contribution in [1.82, 2.24) is 9.80 Å². The van der Waals surface area contributed by atoms with E-state index in [4.69, 9.17) is 5.11 Å². The van der Waals surface area contributed by atoms with Gasteiger partial charge in [-0.15, -0.1) is 0 Å². The molecule has 1 atom stereocenters. The maximum absolute atomic E-state index is 8.94. The fraction of sp³-hybridized carbons (Fsp3) is 1.00. The number of rotatable bonds is 5. The summed E-state index contributed by atoms with van der Waals surface area (Å²) in [6, 6.07) is 1.57. The van der Waals surface area contributed by atoms with Gasteiger partial charge in [0.25, 0.3) is 0 Å². The Morgan fingerprint density at radius 3 is 2.79 bits per heavy atom. The van der Waals surface area contributed by atoms with Gasteiger partial charge in [-0.1, -0.05) is 0 Å². The molecule has 0 aromatic heterocycles. The van der Waals surface area contributed by atoms with Crippen molar-refractivity contribution in [2.24, 2.45) is 0 Å². The first kappa shape index (κ1) is 10.4. The number of hydrogen-bond acceptors (Lipinski definition) is 3. The summed E-state index contributed by atoms with van der Waals surface area (Å²) in [5, 5.41) is 8.94. The van der Waals surface area contributed by atoms with Crippen LogP contribution in [0.15, 0.2) is 0 Å². The van der Waals surface area contributed by atoms with Crippen molar-refractivity contribution in [3.05, 3.63) is 0 Å². The maximum atomic E-state index is 8.94. The minimum Gasteiger partial charge on any atom is -0.395 e. The maximum Gasteiger partial charge on any atom is 0.0558 e. The zero-order chi connectivity index (χ0) is 9.97. The zero-order valence-electron chi connectivity index (χ0n) is 9.15. The van der Waals surface area contributed by atoms with Crippen molar-refractivity contribution >= 4 is 0 Å². The van der Waals surface area contributed by atoms with Gasteiger partial charge >= 0.3 is 0 Å². The predicted molar refractivity (Wildman–Crippen MR) is 57.3 cm³/mol. The molecule has 2 rings (SSSR count). The summed E-state index contributed by atoms with van der Waals surface area (Å²) in [5.41, 5.74) is 0. The number of hydrogen-bond donors (Lipinski definition) is 1. The molecule has 14 heavy (non-hydrogen) atoms. The Labute approximate surface area is 86.7 Å².